The average Bonchev–Trinajstić information content (AvgIpc) is 2.73. The highest BCUT2D eigenvalue weighted by Crippen LogP contribution is 2.25. The van der Waals surface area contributed by atoms with E-state index in [4.69, 9.17) is 29.5 Å². The number of likely N-dealkylation sites (N-methyl/N-ethyl adjacent to an activating group) is 1. The molecule has 0 aromatic rings. The van der Waals surface area contributed by atoms with Crippen LogP contribution in [0, 0.1) is 0 Å². The molecule has 0 atom stereocenters. The number of allylic oxidation sites excluding steroid dienone is 2. The number of carboxylic acids is 1. The number of aliphatic carboxylic acids is 1. The minimum absolute atomic E-state index is 0.281. The van der Waals surface area contributed by atoms with Crippen LogP contribution in [-0.4, -0.2) is 69.6 Å². The zero-order valence-corrected chi connectivity index (χ0v) is 24.6. The van der Waals surface area contributed by atoms with Gasteiger partial charge in [-0.05, 0) is 32.1 Å². The third-order valence-corrected chi connectivity index (χ3v) is 5.42. The Labute approximate surface area is 221 Å². The van der Waals surface area contributed by atoms with Crippen LogP contribution in [-0.2, 0) is 9.36 Å². The highest BCUT2D eigenvalue weighted by atomic mass is 31.2. The molecule has 0 spiro atoms. The quantitative estimate of drug-likeness (QED) is 0.0490. The highest BCUT2D eigenvalue weighted by Gasteiger charge is 2.02. The summed E-state index contributed by atoms with van der Waals surface area (Å²) in [5.74, 6) is -0.656. The predicted molar refractivity (Wildman–Crippen MR) is 150 cm³/mol. The topological polar surface area (TPSA) is 135 Å². The van der Waals surface area contributed by atoms with Crippen molar-refractivity contribution in [2.75, 3.05) is 34.3 Å². The van der Waals surface area contributed by atoms with Gasteiger partial charge in [-0.15, -0.1) is 0 Å². The fourth-order valence-corrected chi connectivity index (χ4v) is 3.35. The summed E-state index contributed by atoms with van der Waals surface area (Å²) in [5.41, 5.74) is 0. The van der Waals surface area contributed by atoms with Crippen molar-refractivity contribution in [2.45, 2.75) is 122 Å². The molecule has 0 rings (SSSR count). The second-order valence-corrected chi connectivity index (χ2v) is 11.4. The van der Waals surface area contributed by atoms with Crippen molar-refractivity contribution in [2.24, 2.45) is 0 Å². The first-order valence-electron chi connectivity index (χ1n) is 13.9. The number of unbranched alkanes of at least 4 members (excludes halogenated alkanes) is 15. The van der Waals surface area contributed by atoms with Crippen molar-refractivity contribution in [1.29, 1.82) is 0 Å². The number of aliphatic hydroxyl groups excluding tert-OH is 1. The van der Waals surface area contributed by atoms with E-state index in [1.807, 2.05) is 0 Å². The number of rotatable bonds is 21. The van der Waals surface area contributed by atoms with Gasteiger partial charge >= 0.3 is 13.8 Å². The Bertz CT molecular complexity index is 522. The van der Waals surface area contributed by atoms with E-state index in [0.717, 1.165) is 23.9 Å². The van der Waals surface area contributed by atoms with Gasteiger partial charge in [0.25, 0.3) is 0 Å². The molecule has 0 aliphatic heterocycles. The molecule has 0 saturated heterocycles. The second-order valence-electron chi connectivity index (χ2n) is 10.4. The summed E-state index contributed by atoms with van der Waals surface area (Å²) < 4.78 is 9.73. The van der Waals surface area contributed by atoms with Crippen molar-refractivity contribution >= 4 is 13.8 Å². The molecule has 5 N–H and O–H groups in total. The number of carbonyl (C=O) groups is 1. The molecule has 0 bridgehead atoms. The van der Waals surface area contributed by atoms with Crippen LogP contribution in [0.3, 0.4) is 0 Å². The van der Waals surface area contributed by atoms with E-state index >= 15 is 0 Å². The van der Waals surface area contributed by atoms with Gasteiger partial charge < -0.3 is 29.4 Å². The zero-order valence-electron chi connectivity index (χ0n) is 23.7. The third-order valence-electron chi connectivity index (χ3n) is 5.42. The molecule has 0 aliphatic carbocycles. The zero-order chi connectivity index (χ0) is 28.1. The molecule has 0 saturated carbocycles. The fraction of sp³-hybridized carbons (Fsp3) is 0.889. The van der Waals surface area contributed by atoms with Gasteiger partial charge in [0.15, 0.2) is 0 Å². The highest BCUT2D eigenvalue weighted by molar-refractivity contribution is 7.45. The number of carboxylic acid groups (broad SMARTS) is 1. The number of aliphatic hydroxyl groups is 1. The monoisotopic (exact) mass is 540 g/mol. The van der Waals surface area contributed by atoms with Gasteiger partial charge in [-0.25, -0.2) is 4.57 Å². The van der Waals surface area contributed by atoms with E-state index in [-0.39, 0.29) is 6.61 Å². The van der Waals surface area contributed by atoms with E-state index < -0.39 is 13.8 Å². The SMILES string of the molecule is CCCCCCCC/C=C\CCCCCCCCCCCC(=O)O.C[N+](C)(C)CCO.O=P(O)(O)O. The molecule has 0 fully saturated rings. The summed E-state index contributed by atoms with van der Waals surface area (Å²) in [6.45, 7) is 3.39. The number of nitrogens with zero attached hydrogens (tertiary/aromatic N) is 1. The Kier molecular flexibility index (Phi) is 31.8. The van der Waals surface area contributed by atoms with Crippen LogP contribution in [0.5, 0.6) is 0 Å². The summed E-state index contributed by atoms with van der Waals surface area (Å²) in [4.78, 5) is 31.9. The average molecular weight is 541 g/mol. The van der Waals surface area contributed by atoms with Crippen molar-refractivity contribution < 1.29 is 38.7 Å². The first kappa shape index (κ1) is 39.7. The summed E-state index contributed by atoms with van der Waals surface area (Å²) in [6, 6.07) is 0. The summed E-state index contributed by atoms with van der Waals surface area (Å²) >= 11 is 0. The first-order chi connectivity index (χ1) is 16.8. The lowest BCUT2D eigenvalue weighted by Gasteiger charge is -2.21. The predicted octanol–water partition coefficient (Wildman–Crippen LogP) is 6.43. The normalized spacial score (nSPS) is 11.6. The molecule has 0 aromatic carbocycles. The molecule has 0 aliphatic rings. The van der Waals surface area contributed by atoms with Crippen molar-refractivity contribution in [3.05, 3.63) is 12.2 Å². The van der Waals surface area contributed by atoms with Gasteiger partial charge in [0.05, 0.1) is 27.7 Å². The Morgan fingerprint density at radius 1 is 0.694 bits per heavy atom. The molecule has 0 aromatic heterocycles. The lowest BCUT2D eigenvalue weighted by atomic mass is 10.1. The van der Waals surface area contributed by atoms with E-state index in [0.29, 0.717) is 6.42 Å². The largest absolute Gasteiger partial charge is 0.481 e. The van der Waals surface area contributed by atoms with Gasteiger partial charge in [-0.1, -0.05) is 96.1 Å². The number of hydrogen-bond acceptors (Lipinski definition) is 3. The number of hydrogen-bond donors (Lipinski definition) is 5. The van der Waals surface area contributed by atoms with E-state index in [1.54, 1.807) is 0 Å². The first-order valence-corrected chi connectivity index (χ1v) is 15.5. The number of quaternary nitrogens is 1. The molecule has 0 heterocycles. The third kappa shape index (κ3) is 58.8. The molecule has 8 nitrogen and oxygen atoms in total. The Morgan fingerprint density at radius 2 is 1.03 bits per heavy atom. The van der Waals surface area contributed by atoms with Crippen LogP contribution in [0.4, 0.5) is 0 Å². The lowest BCUT2D eigenvalue weighted by Crippen LogP contribution is -2.36. The molecule has 9 heteroatoms. The molecule has 218 valence electrons. The van der Waals surface area contributed by atoms with Crippen molar-refractivity contribution in [1.82, 2.24) is 0 Å². The summed E-state index contributed by atoms with van der Waals surface area (Å²) in [5, 5.41) is 16.9. The lowest BCUT2D eigenvalue weighted by molar-refractivity contribution is -0.870. The van der Waals surface area contributed by atoms with Gasteiger partial charge in [-0.2, -0.15) is 0 Å². The summed E-state index contributed by atoms with van der Waals surface area (Å²) in [6.07, 6.45) is 27.1. The maximum absolute atomic E-state index is 10.4. The standard InChI is InChI=1S/C22H42O2.C5H14NO.H3O4P/c1-2-3-4-5-6-7-8-9-10-11-12-13-14-15-16-17-18-19-20-21-22(23)24;1-6(2,3)4-5-7;1-5(2,3)4/h9-10H,2-8,11-21H2,1H3,(H,23,24);7H,4-5H2,1-3H3;(H3,1,2,3,4)/q;+1;/b10-9-;;. The van der Waals surface area contributed by atoms with Gasteiger partial charge in [0, 0.05) is 6.42 Å². The molecule has 0 unspecified atom stereocenters. The number of phosphoric acid groups is 1. The maximum Gasteiger partial charge on any atom is 0.466 e. The van der Waals surface area contributed by atoms with Crippen LogP contribution in [0.15, 0.2) is 12.2 Å². The van der Waals surface area contributed by atoms with E-state index in [2.05, 4.69) is 40.2 Å². The van der Waals surface area contributed by atoms with Crippen molar-refractivity contribution in [3.8, 4) is 0 Å². The summed E-state index contributed by atoms with van der Waals surface area (Å²) in [7, 11) is 1.52. The Hall–Kier alpha value is -0.760. The van der Waals surface area contributed by atoms with E-state index in [9.17, 15) is 4.79 Å². The van der Waals surface area contributed by atoms with Gasteiger partial charge in [0.1, 0.15) is 6.54 Å². The second kappa shape index (κ2) is 28.8. The van der Waals surface area contributed by atoms with Crippen molar-refractivity contribution in [3.63, 3.8) is 0 Å². The Morgan fingerprint density at radius 3 is 1.31 bits per heavy atom. The minimum Gasteiger partial charge on any atom is -0.481 e. The maximum atomic E-state index is 10.4. The smallest absolute Gasteiger partial charge is 0.466 e. The molecular formula is C27H59NO7P+. The van der Waals surface area contributed by atoms with Crippen LogP contribution < -0.4 is 0 Å². The molecule has 36 heavy (non-hydrogen) atoms. The van der Waals surface area contributed by atoms with Gasteiger partial charge in [0.2, 0.25) is 0 Å². The van der Waals surface area contributed by atoms with Crippen LogP contribution in [0.25, 0.3) is 0 Å². The van der Waals surface area contributed by atoms with Gasteiger partial charge in [-0.3, -0.25) is 4.79 Å². The molecular weight excluding hydrogens is 481 g/mol. The molecule has 0 radical (unpaired) electrons. The fourth-order valence-electron chi connectivity index (χ4n) is 3.35. The van der Waals surface area contributed by atoms with E-state index in [1.165, 1.54) is 96.3 Å². The Balaban J connectivity index is -0.000000743. The minimum atomic E-state index is -4.64. The van der Waals surface area contributed by atoms with Crippen LogP contribution >= 0.6 is 7.82 Å². The van der Waals surface area contributed by atoms with Crippen LogP contribution in [0.1, 0.15) is 122 Å². The van der Waals surface area contributed by atoms with Crippen LogP contribution in [0.2, 0.25) is 0 Å². The molecule has 0 amide bonds.